The molecule has 3 heteroatoms. The number of aliphatic hydroxyl groups is 1. The van der Waals surface area contributed by atoms with E-state index in [-0.39, 0.29) is 6.10 Å². The van der Waals surface area contributed by atoms with Gasteiger partial charge >= 0.3 is 0 Å². The average molecular weight is 262 g/mol. The van der Waals surface area contributed by atoms with Crippen molar-refractivity contribution in [2.24, 2.45) is 0 Å². The molecule has 0 spiro atoms. The molecule has 106 valence electrons. The summed E-state index contributed by atoms with van der Waals surface area (Å²) in [4.78, 5) is 2.47. The summed E-state index contributed by atoms with van der Waals surface area (Å²) in [6, 6.07) is 8.61. The molecule has 1 atom stereocenters. The van der Waals surface area contributed by atoms with E-state index in [0.717, 1.165) is 19.4 Å². The SMILES string of the molecule is CCCC(O)CNCc1ccccc1N1CCCC1. The number of hydrogen-bond donors (Lipinski definition) is 2. The van der Waals surface area contributed by atoms with E-state index in [0.29, 0.717) is 6.54 Å². The molecule has 0 aliphatic carbocycles. The van der Waals surface area contributed by atoms with Gasteiger partial charge in [0.2, 0.25) is 0 Å². The molecule has 1 aromatic carbocycles. The fraction of sp³-hybridized carbons (Fsp3) is 0.625. The van der Waals surface area contributed by atoms with Crippen molar-refractivity contribution in [3.05, 3.63) is 29.8 Å². The van der Waals surface area contributed by atoms with Crippen LogP contribution < -0.4 is 10.2 Å². The molecular formula is C16H26N2O. The molecule has 1 aromatic rings. The van der Waals surface area contributed by atoms with E-state index < -0.39 is 0 Å². The van der Waals surface area contributed by atoms with Crippen LogP contribution in [0.5, 0.6) is 0 Å². The minimum atomic E-state index is -0.219. The Balaban J connectivity index is 1.89. The molecule has 0 amide bonds. The van der Waals surface area contributed by atoms with Crippen molar-refractivity contribution in [1.82, 2.24) is 5.32 Å². The molecule has 0 bridgehead atoms. The Bertz CT molecular complexity index is 375. The third-order valence-corrected chi connectivity index (χ3v) is 3.76. The standard InChI is InChI=1S/C16H26N2O/c1-2-7-15(19)13-17-12-14-8-3-4-9-16(14)18-10-5-6-11-18/h3-4,8-9,15,17,19H,2,5-7,10-13H2,1H3. The highest BCUT2D eigenvalue weighted by molar-refractivity contribution is 5.54. The van der Waals surface area contributed by atoms with Crippen molar-refractivity contribution in [1.29, 1.82) is 0 Å². The van der Waals surface area contributed by atoms with Crippen LogP contribution in [-0.2, 0) is 6.54 Å². The summed E-state index contributed by atoms with van der Waals surface area (Å²) in [5.74, 6) is 0. The summed E-state index contributed by atoms with van der Waals surface area (Å²) in [6.45, 7) is 5.98. The Morgan fingerprint density at radius 1 is 1.26 bits per heavy atom. The van der Waals surface area contributed by atoms with Crippen LogP contribution in [0.1, 0.15) is 38.2 Å². The zero-order valence-electron chi connectivity index (χ0n) is 11.9. The molecule has 3 nitrogen and oxygen atoms in total. The van der Waals surface area contributed by atoms with Gasteiger partial charge in [-0.1, -0.05) is 31.5 Å². The average Bonchev–Trinajstić information content (AvgIpc) is 2.93. The molecule has 0 radical (unpaired) electrons. The quantitative estimate of drug-likeness (QED) is 0.792. The number of aliphatic hydroxyl groups excluding tert-OH is 1. The van der Waals surface area contributed by atoms with Gasteiger partial charge < -0.3 is 15.3 Å². The van der Waals surface area contributed by atoms with E-state index in [1.54, 1.807) is 0 Å². The second-order valence-electron chi connectivity index (χ2n) is 5.40. The Labute approximate surface area is 116 Å². The fourth-order valence-corrected chi connectivity index (χ4v) is 2.74. The highest BCUT2D eigenvalue weighted by atomic mass is 16.3. The van der Waals surface area contributed by atoms with Crippen molar-refractivity contribution >= 4 is 5.69 Å². The molecule has 1 saturated heterocycles. The van der Waals surface area contributed by atoms with E-state index in [2.05, 4.69) is 41.4 Å². The smallest absolute Gasteiger partial charge is 0.0664 e. The van der Waals surface area contributed by atoms with Gasteiger partial charge in [-0.3, -0.25) is 0 Å². The van der Waals surface area contributed by atoms with Gasteiger partial charge in [0, 0.05) is 31.9 Å². The summed E-state index contributed by atoms with van der Waals surface area (Å²) in [6.07, 6.45) is 4.30. The zero-order valence-corrected chi connectivity index (χ0v) is 11.9. The van der Waals surface area contributed by atoms with Crippen molar-refractivity contribution in [2.45, 2.75) is 45.3 Å². The molecule has 0 aromatic heterocycles. The van der Waals surface area contributed by atoms with E-state index >= 15 is 0 Å². The summed E-state index contributed by atoms with van der Waals surface area (Å²) in [7, 11) is 0. The molecule has 1 fully saturated rings. The Kier molecular flexibility index (Phi) is 5.67. The van der Waals surface area contributed by atoms with Gasteiger partial charge in [-0.15, -0.1) is 0 Å². The number of anilines is 1. The van der Waals surface area contributed by atoms with E-state index in [1.165, 1.54) is 37.2 Å². The van der Waals surface area contributed by atoms with Crippen LogP contribution >= 0.6 is 0 Å². The third-order valence-electron chi connectivity index (χ3n) is 3.76. The Morgan fingerprint density at radius 2 is 2.00 bits per heavy atom. The lowest BCUT2D eigenvalue weighted by Crippen LogP contribution is -2.27. The van der Waals surface area contributed by atoms with Gasteiger partial charge in [-0.05, 0) is 30.9 Å². The summed E-state index contributed by atoms with van der Waals surface area (Å²) >= 11 is 0. The van der Waals surface area contributed by atoms with Crippen molar-refractivity contribution < 1.29 is 5.11 Å². The van der Waals surface area contributed by atoms with Gasteiger partial charge in [0.05, 0.1) is 6.10 Å². The van der Waals surface area contributed by atoms with Gasteiger partial charge in [0.1, 0.15) is 0 Å². The largest absolute Gasteiger partial charge is 0.392 e. The minimum absolute atomic E-state index is 0.219. The van der Waals surface area contributed by atoms with Gasteiger partial charge in [-0.25, -0.2) is 0 Å². The Morgan fingerprint density at radius 3 is 2.74 bits per heavy atom. The van der Waals surface area contributed by atoms with Crippen molar-refractivity contribution in [3.8, 4) is 0 Å². The predicted molar refractivity (Wildman–Crippen MR) is 80.5 cm³/mol. The van der Waals surface area contributed by atoms with E-state index in [1.807, 2.05) is 0 Å². The maximum absolute atomic E-state index is 9.74. The van der Waals surface area contributed by atoms with Crippen LogP contribution in [0.15, 0.2) is 24.3 Å². The van der Waals surface area contributed by atoms with Gasteiger partial charge in [-0.2, -0.15) is 0 Å². The first-order valence-electron chi connectivity index (χ1n) is 7.53. The predicted octanol–water partition coefficient (Wildman–Crippen LogP) is 2.54. The maximum atomic E-state index is 9.74. The number of para-hydroxylation sites is 1. The number of nitrogens with zero attached hydrogens (tertiary/aromatic N) is 1. The lowest BCUT2D eigenvalue weighted by Gasteiger charge is -2.22. The maximum Gasteiger partial charge on any atom is 0.0664 e. The summed E-state index contributed by atoms with van der Waals surface area (Å²) in [5.41, 5.74) is 2.70. The van der Waals surface area contributed by atoms with Gasteiger partial charge in [0.15, 0.2) is 0 Å². The summed E-state index contributed by atoms with van der Waals surface area (Å²) < 4.78 is 0. The van der Waals surface area contributed by atoms with Gasteiger partial charge in [0.25, 0.3) is 0 Å². The van der Waals surface area contributed by atoms with Crippen LogP contribution in [0, 0.1) is 0 Å². The molecule has 0 saturated carbocycles. The molecule has 2 N–H and O–H groups in total. The first-order valence-corrected chi connectivity index (χ1v) is 7.53. The second-order valence-corrected chi connectivity index (χ2v) is 5.40. The third kappa shape index (κ3) is 4.22. The molecule has 2 rings (SSSR count). The number of rotatable bonds is 7. The zero-order chi connectivity index (χ0) is 13.5. The highest BCUT2D eigenvalue weighted by Crippen LogP contribution is 2.24. The van der Waals surface area contributed by atoms with Crippen molar-refractivity contribution in [2.75, 3.05) is 24.5 Å². The molecule has 1 unspecified atom stereocenters. The van der Waals surface area contributed by atoms with Crippen LogP contribution in [0.3, 0.4) is 0 Å². The second kappa shape index (κ2) is 7.51. The van der Waals surface area contributed by atoms with E-state index in [9.17, 15) is 5.11 Å². The van der Waals surface area contributed by atoms with Crippen molar-refractivity contribution in [3.63, 3.8) is 0 Å². The molecule has 1 aliphatic rings. The molecular weight excluding hydrogens is 236 g/mol. The van der Waals surface area contributed by atoms with Crippen LogP contribution in [0.2, 0.25) is 0 Å². The number of benzene rings is 1. The normalized spacial score (nSPS) is 16.8. The monoisotopic (exact) mass is 262 g/mol. The fourth-order valence-electron chi connectivity index (χ4n) is 2.74. The number of nitrogens with one attached hydrogen (secondary N) is 1. The van der Waals surface area contributed by atoms with Crippen LogP contribution in [0.25, 0.3) is 0 Å². The van der Waals surface area contributed by atoms with E-state index in [4.69, 9.17) is 0 Å². The molecule has 1 heterocycles. The molecule has 1 aliphatic heterocycles. The van der Waals surface area contributed by atoms with Crippen LogP contribution in [-0.4, -0.2) is 30.8 Å². The first kappa shape index (κ1) is 14.4. The topological polar surface area (TPSA) is 35.5 Å². The summed E-state index contributed by atoms with van der Waals surface area (Å²) in [5, 5.41) is 13.1. The first-order chi connectivity index (χ1) is 9.31. The lowest BCUT2D eigenvalue weighted by atomic mass is 10.1. The Hall–Kier alpha value is -1.06. The molecule has 19 heavy (non-hydrogen) atoms. The lowest BCUT2D eigenvalue weighted by molar-refractivity contribution is 0.160. The minimum Gasteiger partial charge on any atom is -0.392 e. The van der Waals surface area contributed by atoms with Crippen LogP contribution in [0.4, 0.5) is 5.69 Å². The number of hydrogen-bond acceptors (Lipinski definition) is 3. The highest BCUT2D eigenvalue weighted by Gasteiger charge is 2.15.